The van der Waals surface area contributed by atoms with Crippen LogP contribution in [0.4, 0.5) is 0 Å². The van der Waals surface area contributed by atoms with E-state index in [1.165, 1.54) is 35.7 Å². The third-order valence-electron chi connectivity index (χ3n) is 4.09. The van der Waals surface area contributed by atoms with Gasteiger partial charge in [-0.2, -0.15) is 0 Å². The molecule has 1 fully saturated rings. The SMILES string of the molecule is CC1CCCC(CN)(Cc2cccc(Br)c2)C1. The Morgan fingerprint density at radius 3 is 2.94 bits per heavy atom. The minimum Gasteiger partial charge on any atom is -0.330 e. The van der Waals surface area contributed by atoms with Gasteiger partial charge in [0.1, 0.15) is 0 Å². The van der Waals surface area contributed by atoms with E-state index >= 15 is 0 Å². The van der Waals surface area contributed by atoms with Crippen LogP contribution in [0.15, 0.2) is 28.7 Å². The van der Waals surface area contributed by atoms with E-state index in [2.05, 4.69) is 47.1 Å². The van der Waals surface area contributed by atoms with Gasteiger partial charge in [0.25, 0.3) is 0 Å². The summed E-state index contributed by atoms with van der Waals surface area (Å²) in [7, 11) is 0. The first kappa shape index (κ1) is 13.1. The average molecular weight is 296 g/mol. The van der Waals surface area contributed by atoms with Crippen molar-refractivity contribution in [2.75, 3.05) is 6.54 Å². The average Bonchev–Trinajstić information content (AvgIpc) is 2.29. The van der Waals surface area contributed by atoms with E-state index < -0.39 is 0 Å². The summed E-state index contributed by atoms with van der Waals surface area (Å²) in [6, 6.07) is 8.66. The van der Waals surface area contributed by atoms with Crippen molar-refractivity contribution in [1.29, 1.82) is 0 Å². The predicted molar refractivity (Wildman–Crippen MR) is 77.0 cm³/mol. The number of halogens is 1. The van der Waals surface area contributed by atoms with E-state index in [9.17, 15) is 0 Å². The minimum absolute atomic E-state index is 0.346. The van der Waals surface area contributed by atoms with Crippen molar-refractivity contribution in [2.45, 2.75) is 39.0 Å². The van der Waals surface area contributed by atoms with Crippen LogP contribution >= 0.6 is 15.9 Å². The molecule has 1 saturated carbocycles. The van der Waals surface area contributed by atoms with Gasteiger partial charge in [-0.25, -0.2) is 0 Å². The fraction of sp³-hybridized carbons (Fsp3) is 0.600. The summed E-state index contributed by atoms with van der Waals surface area (Å²) in [5.74, 6) is 0.833. The molecule has 0 amide bonds. The Labute approximate surface area is 113 Å². The van der Waals surface area contributed by atoms with Gasteiger partial charge in [-0.1, -0.05) is 47.8 Å². The van der Waals surface area contributed by atoms with Crippen LogP contribution < -0.4 is 5.73 Å². The molecular formula is C15H22BrN. The second-order valence-corrected chi connectivity index (χ2v) is 6.63. The first-order chi connectivity index (χ1) is 8.13. The Balaban J connectivity index is 2.13. The highest BCUT2D eigenvalue weighted by Crippen LogP contribution is 2.41. The molecule has 0 radical (unpaired) electrons. The maximum Gasteiger partial charge on any atom is 0.0177 e. The zero-order valence-electron chi connectivity index (χ0n) is 10.6. The number of nitrogens with two attached hydrogens (primary N) is 1. The number of benzene rings is 1. The highest BCUT2D eigenvalue weighted by molar-refractivity contribution is 9.10. The molecular weight excluding hydrogens is 274 g/mol. The van der Waals surface area contributed by atoms with Crippen LogP contribution in [0, 0.1) is 11.3 Å². The maximum atomic E-state index is 6.07. The molecule has 1 aromatic carbocycles. The summed E-state index contributed by atoms with van der Waals surface area (Å²) in [6.45, 7) is 3.19. The molecule has 2 heteroatoms. The van der Waals surface area contributed by atoms with Crippen molar-refractivity contribution in [1.82, 2.24) is 0 Å². The van der Waals surface area contributed by atoms with Crippen LogP contribution in [-0.4, -0.2) is 6.54 Å². The molecule has 1 aliphatic carbocycles. The Kier molecular flexibility index (Phi) is 4.26. The van der Waals surface area contributed by atoms with Crippen LogP contribution in [0.5, 0.6) is 0 Å². The fourth-order valence-corrected chi connectivity index (χ4v) is 3.71. The van der Waals surface area contributed by atoms with Gasteiger partial charge in [0.15, 0.2) is 0 Å². The Morgan fingerprint density at radius 1 is 1.47 bits per heavy atom. The molecule has 0 spiro atoms. The Hall–Kier alpha value is -0.340. The molecule has 2 atom stereocenters. The first-order valence-corrected chi connectivity index (χ1v) is 7.37. The highest BCUT2D eigenvalue weighted by Gasteiger charge is 2.33. The van der Waals surface area contributed by atoms with Gasteiger partial charge in [-0.15, -0.1) is 0 Å². The van der Waals surface area contributed by atoms with Gasteiger partial charge in [-0.05, 0) is 54.8 Å². The van der Waals surface area contributed by atoms with Gasteiger partial charge in [0, 0.05) is 4.47 Å². The van der Waals surface area contributed by atoms with Crippen molar-refractivity contribution < 1.29 is 0 Å². The van der Waals surface area contributed by atoms with Crippen molar-refractivity contribution >= 4 is 15.9 Å². The molecule has 17 heavy (non-hydrogen) atoms. The molecule has 1 nitrogen and oxygen atoms in total. The predicted octanol–water partition coefficient (Wildman–Crippen LogP) is 4.15. The lowest BCUT2D eigenvalue weighted by Gasteiger charge is -2.39. The van der Waals surface area contributed by atoms with Crippen molar-refractivity contribution in [3.63, 3.8) is 0 Å². The molecule has 0 saturated heterocycles. The number of hydrogen-bond acceptors (Lipinski definition) is 1. The molecule has 0 aliphatic heterocycles. The molecule has 1 aromatic rings. The van der Waals surface area contributed by atoms with E-state index in [4.69, 9.17) is 5.73 Å². The van der Waals surface area contributed by atoms with E-state index in [-0.39, 0.29) is 0 Å². The molecule has 94 valence electrons. The molecule has 0 aromatic heterocycles. The summed E-state index contributed by atoms with van der Waals surface area (Å²) in [5, 5.41) is 0. The number of rotatable bonds is 3. The summed E-state index contributed by atoms with van der Waals surface area (Å²) >= 11 is 3.55. The smallest absolute Gasteiger partial charge is 0.0177 e. The van der Waals surface area contributed by atoms with Gasteiger partial charge in [0.2, 0.25) is 0 Å². The third-order valence-corrected chi connectivity index (χ3v) is 4.58. The minimum atomic E-state index is 0.346. The molecule has 0 bridgehead atoms. The quantitative estimate of drug-likeness (QED) is 0.891. The van der Waals surface area contributed by atoms with Crippen molar-refractivity contribution in [3.8, 4) is 0 Å². The second kappa shape index (κ2) is 5.53. The first-order valence-electron chi connectivity index (χ1n) is 6.58. The van der Waals surface area contributed by atoms with Crippen LogP contribution in [0.2, 0.25) is 0 Å². The Bertz CT molecular complexity index is 377. The zero-order valence-corrected chi connectivity index (χ0v) is 12.2. The van der Waals surface area contributed by atoms with E-state index in [0.29, 0.717) is 5.41 Å². The Morgan fingerprint density at radius 2 is 2.29 bits per heavy atom. The largest absolute Gasteiger partial charge is 0.330 e. The zero-order chi connectivity index (χ0) is 12.3. The van der Waals surface area contributed by atoms with Crippen LogP contribution in [0.25, 0.3) is 0 Å². The lowest BCUT2D eigenvalue weighted by molar-refractivity contribution is 0.154. The molecule has 2 unspecified atom stereocenters. The second-order valence-electron chi connectivity index (χ2n) is 5.71. The van der Waals surface area contributed by atoms with Gasteiger partial charge >= 0.3 is 0 Å². The van der Waals surface area contributed by atoms with E-state index in [1.54, 1.807) is 0 Å². The molecule has 0 heterocycles. The van der Waals surface area contributed by atoms with E-state index in [0.717, 1.165) is 18.9 Å². The third kappa shape index (κ3) is 3.32. The topological polar surface area (TPSA) is 26.0 Å². The summed E-state index contributed by atoms with van der Waals surface area (Å²) in [6.07, 6.45) is 6.43. The van der Waals surface area contributed by atoms with Crippen LogP contribution in [-0.2, 0) is 6.42 Å². The molecule has 2 rings (SSSR count). The van der Waals surface area contributed by atoms with Gasteiger partial charge in [-0.3, -0.25) is 0 Å². The number of hydrogen-bond donors (Lipinski definition) is 1. The molecule has 2 N–H and O–H groups in total. The van der Waals surface area contributed by atoms with Crippen LogP contribution in [0.1, 0.15) is 38.2 Å². The van der Waals surface area contributed by atoms with Crippen molar-refractivity contribution in [2.24, 2.45) is 17.1 Å². The normalized spacial score (nSPS) is 29.2. The maximum absolute atomic E-state index is 6.07. The fourth-order valence-electron chi connectivity index (χ4n) is 3.27. The summed E-state index contributed by atoms with van der Waals surface area (Å²) < 4.78 is 1.17. The monoisotopic (exact) mass is 295 g/mol. The highest BCUT2D eigenvalue weighted by atomic mass is 79.9. The lowest BCUT2D eigenvalue weighted by Crippen LogP contribution is -2.37. The summed E-state index contributed by atoms with van der Waals surface area (Å²) in [4.78, 5) is 0. The lowest BCUT2D eigenvalue weighted by atomic mass is 9.67. The summed E-state index contributed by atoms with van der Waals surface area (Å²) in [5.41, 5.74) is 7.84. The standard InChI is InChI=1S/C15H22BrN/c1-12-4-3-7-15(9-12,11-17)10-13-5-2-6-14(16)8-13/h2,5-6,8,12H,3-4,7,9-11,17H2,1H3. The van der Waals surface area contributed by atoms with Gasteiger partial charge in [0.05, 0.1) is 0 Å². The van der Waals surface area contributed by atoms with E-state index in [1.807, 2.05) is 0 Å². The van der Waals surface area contributed by atoms with Crippen molar-refractivity contribution in [3.05, 3.63) is 34.3 Å². The van der Waals surface area contributed by atoms with Gasteiger partial charge < -0.3 is 5.73 Å². The molecule has 1 aliphatic rings. The van der Waals surface area contributed by atoms with Crippen LogP contribution in [0.3, 0.4) is 0 Å².